The van der Waals surface area contributed by atoms with Crippen molar-refractivity contribution in [2.45, 2.75) is 6.54 Å². The Labute approximate surface area is 160 Å². The summed E-state index contributed by atoms with van der Waals surface area (Å²) in [4.78, 5) is 14.9. The Bertz CT molecular complexity index is 1140. The minimum absolute atomic E-state index is 0.0547. The quantitative estimate of drug-likeness (QED) is 0.405. The highest BCUT2D eigenvalue weighted by atomic mass is 16.6. The van der Waals surface area contributed by atoms with Crippen molar-refractivity contribution in [2.24, 2.45) is 0 Å². The maximum atomic E-state index is 10.9. The molecule has 28 heavy (non-hydrogen) atoms. The summed E-state index contributed by atoms with van der Waals surface area (Å²) in [7, 11) is 1.63. The fourth-order valence-electron chi connectivity index (χ4n) is 2.84. The minimum Gasteiger partial charge on any atom is -0.497 e. The van der Waals surface area contributed by atoms with Gasteiger partial charge in [-0.2, -0.15) is 5.10 Å². The number of pyridine rings is 1. The maximum absolute atomic E-state index is 10.9. The molecule has 2 aromatic heterocycles. The molecule has 2 aromatic carbocycles. The number of benzene rings is 2. The lowest BCUT2D eigenvalue weighted by molar-refractivity contribution is -0.384. The lowest BCUT2D eigenvalue weighted by Gasteiger charge is -2.06. The van der Waals surface area contributed by atoms with Crippen LogP contribution in [0.5, 0.6) is 5.75 Å². The second-order valence-corrected chi connectivity index (χ2v) is 6.13. The number of rotatable bonds is 6. The Morgan fingerprint density at radius 3 is 2.68 bits per heavy atom. The van der Waals surface area contributed by atoms with E-state index in [4.69, 9.17) is 4.74 Å². The molecule has 0 amide bonds. The number of nitrogens with zero attached hydrogens (tertiary/aromatic N) is 4. The second-order valence-electron chi connectivity index (χ2n) is 6.13. The van der Waals surface area contributed by atoms with Crippen molar-refractivity contribution in [3.8, 4) is 11.4 Å². The molecule has 8 nitrogen and oxygen atoms in total. The monoisotopic (exact) mass is 375 g/mol. The van der Waals surface area contributed by atoms with E-state index in [1.54, 1.807) is 23.9 Å². The number of nitro benzene ring substituents is 1. The van der Waals surface area contributed by atoms with Gasteiger partial charge in [0, 0.05) is 23.7 Å². The number of anilines is 1. The van der Waals surface area contributed by atoms with E-state index in [1.807, 2.05) is 42.6 Å². The highest BCUT2D eigenvalue weighted by Crippen LogP contribution is 2.21. The molecular formula is C20H17N5O3. The Balaban J connectivity index is 1.46. The number of methoxy groups -OCH3 is 1. The van der Waals surface area contributed by atoms with Crippen molar-refractivity contribution in [3.05, 3.63) is 82.7 Å². The summed E-state index contributed by atoms with van der Waals surface area (Å²) in [6, 6.07) is 17.8. The Hall–Kier alpha value is -3.94. The number of nitro groups is 1. The molecule has 1 N–H and O–H groups in total. The molecule has 0 atom stereocenters. The van der Waals surface area contributed by atoms with Crippen molar-refractivity contribution < 1.29 is 9.66 Å². The number of ether oxygens (including phenoxy) is 1. The number of hydrogen-bond acceptors (Lipinski definition) is 6. The zero-order valence-electron chi connectivity index (χ0n) is 15.1. The number of non-ortho nitro benzene ring substituents is 1. The van der Waals surface area contributed by atoms with E-state index in [0.29, 0.717) is 17.9 Å². The zero-order chi connectivity index (χ0) is 19.5. The van der Waals surface area contributed by atoms with Crippen LogP contribution in [0.3, 0.4) is 0 Å². The molecule has 0 aliphatic heterocycles. The van der Waals surface area contributed by atoms with Gasteiger partial charge < -0.3 is 10.1 Å². The first-order valence-corrected chi connectivity index (χ1v) is 8.60. The Kier molecular flexibility index (Phi) is 4.59. The topological polar surface area (TPSA) is 95.1 Å². The summed E-state index contributed by atoms with van der Waals surface area (Å²) in [5, 5.41) is 19.4. The SMILES string of the molecule is COc1ccc(-n2ccc(CNc3ccc4cc([N+](=O)[O-])ccc4n3)n2)cc1. The van der Waals surface area contributed by atoms with Gasteiger partial charge in [0.15, 0.2) is 0 Å². The third kappa shape index (κ3) is 3.61. The van der Waals surface area contributed by atoms with Crippen molar-refractivity contribution in [1.29, 1.82) is 0 Å². The van der Waals surface area contributed by atoms with Crippen LogP contribution in [0.1, 0.15) is 5.69 Å². The lowest BCUT2D eigenvalue weighted by atomic mass is 10.2. The highest BCUT2D eigenvalue weighted by molar-refractivity contribution is 5.82. The second kappa shape index (κ2) is 7.36. The van der Waals surface area contributed by atoms with Gasteiger partial charge in [0.1, 0.15) is 11.6 Å². The molecule has 4 rings (SSSR count). The lowest BCUT2D eigenvalue weighted by Crippen LogP contribution is -2.03. The molecule has 8 heteroatoms. The Morgan fingerprint density at radius 2 is 1.93 bits per heavy atom. The van der Waals surface area contributed by atoms with E-state index in [0.717, 1.165) is 22.5 Å². The summed E-state index contributed by atoms with van der Waals surface area (Å²) >= 11 is 0. The molecule has 0 radical (unpaired) electrons. The molecule has 0 bridgehead atoms. The van der Waals surface area contributed by atoms with Gasteiger partial charge >= 0.3 is 0 Å². The molecule has 0 fully saturated rings. The van der Waals surface area contributed by atoms with Crippen molar-refractivity contribution in [1.82, 2.24) is 14.8 Å². The third-order valence-electron chi connectivity index (χ3n) is 4.32. The van der Waals surface area contributed by atoms with Crippen LogP contribution in [0.15, 0.2) is 66.9 Å². The van der Waals surface area contributed by atoms with Gasteiger partial charge in [-0.1, -0.05) is 0 Å². The molecule has 0 saturated carbocycles. The first-order valence-electron chi connectivity index (χ1n) is 8.60. The van der Waals surface area contributed by atoms with Crippen LogP contribution in [0, 0.1) is 10.1 Å². The van der Waals surface area contributed by atoms with Crippen molar-refractivity contribution >= 4 is 22.4 Å². The van der Waals surface area contributed by atoms with Gasteiger partial charge in [-0.15, -0.1) is 0 Å². The van der Waals surface area contributed by atoms with Gasteiger partial charge in [-0.3, -0.25) is 10.1 Å². The van der Waals surface area contributed by atoms with Crippen LogP contribution >= 0.6 is 0 Å². The smallest absolute Gasteiger partial charge is 0.270 e. The van der Waals surface area contributed by atoms with Gasteiger partial charge in [0.25, 0.3) is 5.69 Å². The molecule has 0 saturated heterocycles. The first kappa shape index (κ1) is 17.5. The summed E-state index contributed by atoms with van der Waals surface area (Å²) in [6.45, 7) is 0.509. The van der Waals surface area contributed by atoms with E-state index in [-0.39, 0.29) is 5.69 Å². The molecule has 0 aliphatic rings. The number of aromatic nitrogens is 3. The average Bonchev–Trinajstić information content (AvgIpc) is 3.21. The van der Waals surface area contributed by atoms with Crippen LogP contribution < -0.4 is 10.1 Å². The normalized spacial score (nSPS) is 10.8. The van der Waals surface area contributed by atoms with E-state index in [2.05, 4.69) is 15.4 Å². The van der Waals surface area contributed by atoms with E-state index >= 15 is 0 Å². The largest absolute Gasteiger partial charge is 0.497 e. The fourth-order valence-corrected chi connectivity index (χ4v) is 2.84. The van der Waals surface area contributed by atoms with Gasteiger partial charge in [0.05, 0.1) is 35.5 Å². The van der Waals surface area contributed by atoms with Crippen LogP contribution in [0.4, 0.5) is 11.5 Å². The van der Waals surface area contributed by atoms with Crippen molar-refractivity contribution in [2.75, 3.05) is 12.4 Å². The van der Waals surface area contributed by atoms with Crippen LogP contribution in [0.25, 0.3) is 16.6 Å². The predicted molar refractivity (Wildman–Crippen MR) is 106 cm³/mol. The summed E-state index contributed by atoms with van der Waals surface area (Å²) in [5.41, 5.74) is 2.55. The first-order chi connectivity index (χ1) is 13.6. The summed E-state index contributed by atoms with van der Waals surface area (Å²) in [5.74, 6) is 1.48. The summed E-state index contributed by atoms with van der Waals surface area (Å²) < 4.78 is 6.96. The molecule has 4 aromatic rings. The minimum atomic E-state index is -0.412. The number of fused-ring (bicyclic) bond motifs is 1. The van der Waals surface area contributed by atoms with E-state index in [1.165, 1.54) is 12.1 Å². The zero-order valence-corrected chi connectivity index (χ0v) is 15.1. The van der Waals surface area contributed by atoms with Gasteiger partial charge in [-0.05, 0) is 48.5 Å². The van der Waals surface area contributed by atoms with Crippen molar-refractivity contribution in [3.63, 3.8) is 0 Å². The fraction of sp³-hybridized carbons (Fsp3) is 0.100. The number of hydrogen-bond donors (Lipinski definition) is 1. The maximum Gasteiger partial charge on any atom is 0.270 e. The molecule has 140 valence electrons. The standard InChI is InChI=1S/C20H17N5O3/c1-28-18-6-3-16(4-7-18)24-11-10-15(23-24)13-21-20-9-2-14-12-17(25(26)27)5-8-19(14)22-20/h2-12H,13H2,1H3,(H,21,22). The van der Waals surface area contributed by atoms with Crippen LogP contribution in [0.2, 0.25) is 0 Å². The molecular weight excluding hydrogens is 358 g/mol. The Morgan fingerprint density at radius 1 is 1.11 bits per heavy atom. The van der Waals surface area contributed by atoms with Crippen LogP contribution in [-0.2, 0) is 6.54 Å². The molecule has 2 heterocycles. The average molecular weight is 375 g/mol. The molecule has 0 unspecified atom stereocenters. The van der Waals surface area contributed by atoms with E-state index in [9.17, 15) is 10.1 Å². The predicted octanol–water partition coefficient (Wildman–Crippen LogP) is 3.95. The summed E-state index contributed by atoms with van der Waals surface area (Å²) in [6.07, 6.45) is 1.89. The van der Waals surface area contributed by atoms with Gasteiger partial charge in [0.2, 0.25) is 0 Å². The number of nitrogens with one attached hydrogen (secondary N) is 1. The highest BCUT2D eigenvalue weighted by Gasteiger charge is 2.08. The van der Waals surface area contributed by atoms with Crippen LogP contribution in [-0.4, -0.2) is 26.8 Å². The van der Waals surface area contributed by atoms with Gasteiger partial charge in [-0.25, -0.2) is 9.67 Å². The molecule has 0 spiro atoms. The molecule has 0 aliphatic carbocycles. The third-order valence-corrected chi connectivity index (χ3v) is 4.32. The van der Waals surface area contributed by atoms with E-state index < -0.39 is 4.92 Å².